The van der Waals surface area contributed by atoms with Gasteiger partial charge in [0, 0.05) is 31.2 Å². The van der Waals surface area contributed by atoms with E-state index in [1.165, 1.54) is 11.3 Å². The molecule has 0 fully saturated rings. The Hall–Kier alpha value is -2.50. The minimum Gasteiger partial charge on any atom is -0.368 e. The van der Waals surface area contributed by atoms with Crippen LogP contribution in [-0.4, -0.2) is 36.0 Å². The van der Waals surface area contributed by atoms with Crippen LogP contribution in [0.2, 0.25) is 0 Å². The molecule has 0 aliphatic carbocycles. The van der Waals surface area contributed by atoms with Gasteiger partial charge in [0.15, 0.2) is 0 Å². The first-order valence-electron chi connectivity index (χ1n) is 6.98. The monoisotopic (exact) mass is 285 g/mol. The lowest BCUT2D eigenvalue weighted by Crippen LogP contribution is -2.30. The van der Waals surface area contributed by atoms with Gasteiger partial charge in [-0.1, -0.05) is 6.07 Å². The molecule has 2 aromatic rings. The van der Waals surface area contributed by atoms with Crippen molar-refractivity contribution in [2.24, 2.45) is 5.73 Å². The Labute approximate surface area is 123 Å². The van der Waals surface area contributed by atoms with Crippen molar-refractivity contribution >= 4 is 17.3 Å². The van der Waals surface area contributed by atoms with Crippen molar-refractivity contribution in [3.8, 4) is 0 Å². The van der Waals surface area contributed by atoms with Crippen LogP contribution in [0, 0.1) is 0 Å². The van der Waals surface area contributed by atoms with Gasteiger partial charge in [-0.15, -0.1) is 0 Å². The molecule has 0 radical (unpaired) electrons. The van der Waals surface area contributed by atoms with Crippen LogP contribution >= 0.6 is 0 Å². The molecule has 2 heterocycles. The lowest BCUT2D eigenvalue weighted by molar-refractivity contribution is -0.116. The molecule has 3 rings (SSSR count). The number of nitrogens with two attached hydrogens (primary N) is 1. The SMILES string of the molecule is CN(CC(N)=O)c1ccc2c(c1)N(Cc1cnc[nH]1)CC2. The number of anilines is 2. The summed E-state index contributed by atoms with van der Waals surface area (Å²) in [6.45, 7) is 2.03. The van der Waals surface area contributed by atoms with Crippen LogP contribution in [0.15, 0.2) is 30.7 Å². The number of amides is 1. The molecule has 0 bridgehead atoms. The zero-order chi connectivity index (χ0) is 14.8. The number of imidazole rings is 1. The molecule has 0 unspecified atom stereocenters. The molecule has 1 aromatic carbocycles. The predicted octanol–water partition coefficient (Wildman–Crippen LogP) is 0.894. The normalized spacial score (nSPS) is 13.3. The molecule has 1 amide bonds. The van der Waals surface area contributed by atoms with E-state index in [0.29, 0.717) is 0 Å². The predicted molar refractivity (Wildman–Crippen MR) is 82.2 cm³/mol. The van der Waals surface area contributed by atoms with E-state index in [-0.39, 0.29) is 12.5 Å². The number of carbonyl (C=O) groups is 1. The molecule has 0 spiro atoms. The number of nitrogens with one attached hydrogen (secondary N) is 1. The summed E-state index contributed by atoms with van der Waals surface area (Å²) in [4.78, 5) is 22.4. The Morgan fingerprint density at radius 1 is 1.52 bits per heavy atom. The summed E-state index contributed by atoms with van der Waals surface area (Å²) in [6.07, 6.45) is 4.59. The third-order valence-corrected chi connectivity index (χ3v) is 3.81. The maximum absolute atomic E-state index is 11.1. The fraction of sp³-hybridized carbons (Fsp3) is 0.333. The molecule has 1 aromatic heterocycles. The van der Waals surface area contributed by atoms with Gasteiger partial charge in [-0.05, 0) is 24.1 Å². The highest BCUT2D eigenvalue weighted by atomic mass is 16.1. The molecule has 21 heavy (non-hydrogen) atoms. The van der Waals surface area contributed by atoms with E-state index in [1.54, 1.807) is 6.33 Å². The van der Waals surface area contributed by atoms with Crippen molar-refractivity contribution in [3.63, 3.8) is 0 Å². The van der Waals surface area contributed by atoms with Gasteiger partial charge < -0.3 is 20.5 Å². The Morgan fingerprint density at radius 2 is 2.38 bits per heavy atom. The molecule has 3 N–H and O–H groups in total. The Kier molecular flexibility index (Phi) is 3.51. The highest BCUT2D eigenvalue weighted by Crippen LogP contribution is 2.32. The summed E-state index contributed by atoms with van der Waals surface area (Å²) in [5.41, 5.74) is 9.92. The van der Waals surface area contributed by atoms with Gasteiger partial charge in [-0.2, -0.15) is 0 Å². The smallest absolute Gasteiger partial charge is 0.236 e. The molecule has 0 saturated heterocycles. The van der Waals surface area contributed by atoms with Gasteiger partial charge in [0.05, 0.1) is 25.1 Å². The molecule has 6 nitrogen and oxygen atoms in total. The summed E-state index contributed by atoms with van der Waals surface area (Å²) in [5.74, 6) is -0.327. The quantitative estimate of drug-likeness (QED) is 0.855. The Bertz CT molecular complexity index is 638. The maximum atomic E-state index is 11.1. The van der Waals surface area contributed by atoms with Crippen molar-refractivity contribution < 1.29 is 4.79 Å². The maximum Gasteiger partial charge on any atom is 0.236 e. The Morgan fingerprint density at radius 3 is 3.10 bits per heavy atom. The van der Waals surface area contributed by atoms with Crippen molar-refractivity contribution in [1.29, 1.82) is 0 Å². The van der Waals surface area contributed by atoms with E-state index >= 15 is 0 Å². The second-order valence-corrected chi connectivity index (χ2v) is 5.38. The van der Waals surface area contributed by atoms with Gasteiger partial charge in [0.1, 0.15) is 0 Å². The van der Waals surface area contributed by atoms with E-state index < -0.39 is 0 Å². The summed E-state index contributed by atoms with van der Waals surface area (Å²) in [6, 6.07) is 6.30. The number of aromatic amines is 1. The number of H-pyrrole nitrogens is 1. The Balaban J connectivity index is 1.81. The van der Waals surface area contributed by atoms with E-state index in [9.17, 15) is 4.79 Å². The number of fused-ring (bicyclic) bond motifs is 1. The molecule has 0 saturated carbocycles. The first-order valence-corrected chi connectivity index (χ1v) is 6.98. The minimum absolute atomic E-state index is 0.222. The number of primary amides is 1. The largest absolute Gasteiger partial charge is 0.368 e. The fourth-order valence-corrected chi connectivity index (χ4v) is 2.74. The number of rotatable bonds is 5. The van der Waals surface area contributed by atoms with Gasteiger partial charge in [-0.3, -0.25) is 4.79 Å². The highest BCUT2D eigenvalue weighted by molar-refractivity contribution is 5.80. The van der Waals surface area contributed by atoms with Crippen molar-refractivity contribution in [3.05, 3.63) is 42.0 Å². The van der Waals surface area contributed by atoms with E-state index in [0.717, 1.165) is 30.9 Å². The van der Waals surface area contributed by atoms with Crippen LogP contribution in [-0.2, 0) is 17.8 Å². The lowest BCUT2D eigenvalue weighted by atomic mass is 10.1. The fourth-order valence-electron chi connectivity index (χ4n) is 2.74. The average Bonchev–Trinajstić information content (AvgIpc) is 3.08. The molecule has 1 aliphatic rings. The van der Waals surface area contributed by atoms with Crippen molar-refractivity contribution in [2.45, 2.75) is 13.0 Å². The minimum atomic E-state index is -0.327. The topological polar surface area (TPSA) is 78.2 Å². The number of carbonyl (C=O) groups excluding carboxylic acids is 1. The second-order valence-electron chi connectivity index (χ2n) is 5.38. The lowest BCUT2D eigenvalue weighted by Gasteiger charge is -2.22. The van der Waals surface area contributed by atoms with Gasteiger partial charge >= 0.3 is 0 Å². The van der Waals surface area contributed by atoms with Crippen LogP contribution in [0.1, 0.15) is 11.3 Å². The standard InChI is InChI=1S/C15H19N5O/c1-19(9-15(16)21)13-3-2-11-4-5-20(14(11)6-13)8-12-7-17-10-18-12/h2-3,6-7,10H,4-5,8-9H2,1H3,(H2,16,21)(H,17,18). The first-order chi connectivity index (χ1) is 10.1. The number of nitrogens with zero attached hydrogens (tertiary/aromatic N) is 3. The number of benzene rings is 1. The molecule has 110 valence electrons. The van der Waals surface area contributed by atoms with E-state index in [1.807, 2.05) is 24.2 Å². The number of aromatic nitrogens is 2. The van der Waals surface area contributed by atoms with E-state index in [2.05, 4.69) is 27.0 Å². The number of hydrogen-bond acceptors (Lipinski definition) is 4. The summed E-state index contributed by atoms with van der Waals surface area (Å²) < 4.78 is 0. The molecular weight excluding hydrogens is 266 g/mol. The van der Waals surface area contributed by atoms with Gasteiger partial charge in [0.25, 0.3) is 0 Å². The third-order valence-electron chi connectivity index (χ3n) is 3.81. The van der Waals surface area contributed by atoms with Crippen LogP contribution in [0.4, 0.5) is 11.4 Å². The van der Waals surface area contributed by atoms with Gasteiger partial charge in [-0.25, -0.2) is 4.98 Å². The zero-order valence-electron chi connectivity index (χ0n) is 12.0. The molecular formula is C15H19N5O. The van der Waals surface area contributed by atoms with Gasteiger partial charge in [0.2, 0.25) is 5.91 Å². The van der Waals surface area contributed by atoms with Crippen molar-refractivity contribution in [2.75, 3.05) is 29.9 Å². The van der Waals surface area contributed by atoms with Crippen LogP contribution in [0.3, 0.4) is 0 Å². The van der Waals surface area contributed by atoms with Crippen LogP contribution in [0.25, 0.3) is 0 Å². The van der Waals surface area contributed by atoms with Crippen LogP contribution in [0.5, 0.6) is 0 Å². The molecule has 1 aliphatic heterocycles. The number of hydrogen-bond donors (Lipinski definition) is 2. The molecule has 0 atom stereocenters. The molecule has 6 heteroatoms. The van der Waals surface area contributed by atoms with Crippen LogP contribution < -0.4 is 15.5 Å². The van der Waals surface area contributed by atoms with Crippen molar-refractivity contribution in [1.82, 2.24) is 9.97 Å². The number of likely N-dealkylation sites (N-methyl/N-ethyl adjacent to an activating group) is 1. The average molecular weight is 285 g/mol. The first kappa shape index (κ1) is 13.5. The highest BCUT2D eigenvalue weighted by Gasteiger charge is 2.20. The summed E-state index contributed by atoms with van der Waals surface area (Å²) in [5, 5.41) is 0. The third kappa shape index (κ3) is 2.84. The zero-order valence-corrected chi connectivity index (χ0v) is 12.0. The summed E-state index contributed by atoms with van der Waals surface area (Å²) >= 11 is 0. The van der Waals surface area contributed by atoms with E-state index in [4.69, 9.17) is 5.73 Å². The second kappa shape index (κ2) is 5.47. The summed E-state index contributed by atoms with van der Waals surface area (Å²) in [7, 11) is 1.88.